The average molecular weight is 432 g/mol. The normalized spacial score (nSPS) is 12.4. The number of fused-ring (bicyclic) bond motifs is 3. The lowest BCUT2D eigenvalue weighted by atomic mass is 9.88. The number of carbonyl (C=O) groups is 1. The van der Waals surface area contributed by atoms with Crippen molar-refractivity contribution >= 4 is 11.6 Å². The van der Waals surface area contributed by atoms with Gasteiger partial charge in [-0.25, -0.2) is 4.68 Å². The molecule has 1 heterocycles. The van der Waals surface area contributed by atoms with Crippen LogP contribution in [0.4, 0.5) is 5.69 Å². The van der Waals surface area contributed by atoms with Crippen LogP contribution < -0.4 is 10.2 Å². The summed E-state index contributed by atoms with van der Waals surface area (Å²) in [6, 6.07) is 16.7. The van der Waals surface area contributed by atoms with E-state index in [0.717, 1.165) is 55.0 Å². The van der Waals surface area contributed by atoms with Gasteiger partial charge in [-0.1, -0.05) is 38.1 Å². The second-order valence-corrected chi connectivity index (χ2v) is 8.44. The molecule has 32 heavy (non-hydrogen) atoms. The minimum absolute atomic E-state index is 0.0866. The van der Waals surface area contributed by atoms with Gasteiger partial charge in [0.05, 0.1) is 11.4 Å². The first-order valence-electron chi connectivity index (χ1n) is 11.5. The highest BCUT2D eigenvalue weighted by Crippen LogP contribution is 2.38. The lowest BCUT2D eigenvalue weighted by Crippen LogP contribution is -2.35. The zero-order valence-corrected chi connectivity index (χ0v) is 19.6. The topological polar surface area (TPSA) is 53.4 Å². The summed E-state index contributed by atoms with van der Waals surface area (Å²) in [7, 11) is 4.12. The van der Waals surface area contributed by atoms with Crippen molar-refractivity contribution in [3.63, 3.8) is 0 Å². The lowest BCUT2D eigenvalue weighted by molar-refractivity contribution is 0.0942. The van der Waals surface area contributed by atoms with Gasteiger partial charge in [0.25, 0.3) is 5.91 Å². The Morgan fingerprint density at radius 3 is 2.50 bits per heavy atom. The Kier molecular flexibility index (Phi) is 6.61. The summed E-state index contributed by atoms with van der Waals surface area (Å²) in [5, 5.41) is 7.93. The molecule has 2 aromatic carbocycles. The van der Waals surface area contributed by atoms with Gasteiger partial charge in [-0.05, 0) is 55.8 Å². The standard InChI is InChI=1S/C26H33N5O/c1-5-30(6-2)17-16-27-26(32)24-23-14-12-19-18-21(29(3)4)13-15-22(19)25(23)31(28-24)20-10-8-7-9-11-20/h7-11,13,15,18H,5-6,12,14,16-17H2,1-4H3,(H,27,32). The van der Waals surface area contributed by atoms with Crippen molar-refractivity contribution in [3.8, 4) is 16.9 Å². The Labute approximate surface area is 190 Å². The molecule has 0 atom stereocenters. The number of aromatic nitrogens is 2. The third kappa shape index (κ3) is 4.28. The Morgan fingerprint density at radius 1 is 1.06 bits per heavy atom. The maximum absolute atomic E-state index is 13.2. The number of likely N-dealkylation sites (N-methyl/N-ethyl adjacent to an activating group) is 1. The third-order valence-electron chi connectivity index (χ3n) is 6.31. The van der Waals surface area contributed by atoms with E-state index in [1.807, 2.05) is 35.0 Å². The van der Waals surface area contributed by atoms with Crippen molar-refractivity contribution in [1.29, 1.82) is 0 Å². The molecular formula is C26H33N5O. The summed E-state index contributed by atoms with van der Waals surface area (Å²) in [5.74, 6) is -0.0866. The second-order valence-electron chi connectivity index (χ2n) is 8.44. The third-order valence-corrected chi connectivity index (χ3v) is 6.31. The highest BCUT2D eigenvalue weighted by Gasteiger charge is 2.29. The van der Waals surface area contributed by atoms with Crippen molar-refractivity contribution < 1.29 is 4.79 Å². The molecule has 0 saturated heterocycles. The molecule has 0 aliphatic heterocycles. The summed E-state index contributed by atoms with van der Waals surface area (Å²) in [6.07, 6.45) is 1.72. The molecule has 1 aliphatic carbocycles. The number of amides is 1. The highest BCUT2D eigenvalue weighted by atomic mass is 16.2. The monoisotopic (exact) mass is 431 g/mol. The molecule has 1 N–H and O–H groups in total. The number of para-hydroxylation sites is 1. The van der Waals surface area contributed by atoms with Crippen LogP contribution in [0.15, 0.2) is 48.5 Å². The highest BCUT2D eigenvalue weighted by molar-refractivity contribution is 5.96. The number of rotatable bonds is 8. The van der Waals surface area contributed by atoms with E-state index in [1.54, 1.807) is 0 Å². The fraction of sp³-hybridized carbons (Fsp3) is 0.385. The smallest absolute Gasteiger partial charge is 0.272 e. The predicted octanol–water partition coefficient (Wildman–Crippen LogP) is 3.78. The van der Waals surface area contributed by atoms with Crippen LogP contribution in [0.2, 0.25) is 0 Å². The van der Waals surface area contributed by atoms with E-state index in [2.05, 4.69) is 61.3 Å². The Bertz CT molecular complexity index is 1080. The van der Waals surface area contributed by atoms with Gasteiger partial charge in [0, 0.05) is 44.0 Å². The molecular weight excluding hydrogens is 398 g/mol. The minimum atomic E-state index is -0.0866. The lowest BCUT2D eigenvalue weighted by Gasteiger charge is -2.22. The first-order valence-corrected chi connectivity index (χ1v) is 11.5. The molecule has 168 valence electrons. The molecule has 0 unspecified atom stereocenters. The summed E-state index contributed by atoms with van der Waals surface area (Å²) >= 11 is 0. The number of hydrogen-bond donors (Lipinski definition) is 1. The molecule has 1 aliphatic rings. The maximum atomic E-state index is 13.2. The van der Waals surface area contributed by atoms with Crippen molar-refractivity contribution in [2.75, 3.05) is 45.2 Å². The predicted molar refractivity (Wildman–Crippen MR) is 131 cm³/mol. The maximum Gasteiger partial charge on any atom is 0.272 e. The van der Waals surface area contributed by atoms with Gasteiger partial charge in [0.1, 0.15) is 0 Å². The molecule has 4 rings (SSSR count). The number of anilines is 1. The summed E-state index contributed by atoms with van der Waals surface area (Å²) in [5.41, 5.74) is 7.24. The van der Waals surface area contributed by atoms with Crippen LogP contribution in [0.25, 0.3) is 16.9 Å². The van der Waals surface area contributed by atoms with E-state index >= 15 is 0 Å². The fourth-order valence-electron chi connectivity index (χ4n) is 4.41. The number of carbonyl (C=O) groups excluding carboxylic acids is 1. The van der Waals surface area contributed by atoms with Gasteiger partial charge in [0.15, 0.2) is 5.69 Å². The summed E-state index contributed by atoms with van der Waals surface area (Å²) < 4.78 is 1.95. The van der Waals surface area contributed by atoms with Gasteiger partial charge in [0.2, 0.25) is 0 Å². The molecule has 0 spiro atoms. The molecule has 6 nitrogen and oxygen atoms in total. The number of hydrogen-bond acceptors (Lipinski definition) is 4. The fourth-order valence-corrected chi connectivity index (χ4v) is 4.41. The molecule has 0 radical (unpaired) electrons. The number of nitrogens with one attached hydrogen (secondary N) is 1. The molecule has 0 fully saturated rings. The quantitative estimate of drug-likeness (QED) is 0.590. The van der Waals surface area contributed by atoms with E-state index in [-0.39, 0.29) is 5.91 Å². The van der Waals surface area contributed by atoms with E-state index < -0.39 is 0 Å². The van der Waals surface area contributed by atoms with Gasteiger partial charge in [-0.15, -0.1) is 0 Å². The van der Waals surface area contributed by atoms with Crippen LogP contribution in [-0.4, -0.2) is 60.9 Å². The largest absolute Gasteiger partial charge is 0.378 e. The zero-order valence-electron chi connectivity index (χ0n) is 19.6. The molecule has 1 aromatic heterocycles. The van der Waals surface area contributed by atoms with E-state index in [9.17, 15) is 4.79 Å². The van der Waals surface area contributed by atoms with Crippen LogP contribution in [0.1, 0.15) is 35.5 Å². The van der Waals surface area contributed by atoms with Gasteiger partial charge in [-0.3, -0.25) is 4.79 Å². The molecule has 1 amide bonds. The van der Waals surface area contributed by atoms with E-state index in [0.29, 0.717) is 12.2 Å². The van der Waals surface area contributed by atoms with Crippen molar-refractivity contribution in [2.45, 2.75) is 26.7 Å². The van der Waals surface area contributed by atoms with E-state index in [1.165, 1.54) is 11.3 Å². The van der Waals surface area contributed by atoms with Gasteiger partial charge in [-0.2, -0.15) is 5.10 Å². The minimum Gasteiger partial charge on any atom is -0.378 e. The Hall–Kier alpha value is -3.12. The molecule has 0 saturated carbocycles. The van der Waals surface area contributed by atoms with Crippen LogP contribution in [0.5, 0.6) is 0 Å². The second kappa shape index (κ2) is 9.57. The Morgan fingerprint density at radius 2 is 1.81 bits per heavy atom. The van der Waals surface area contributed by atoms with Gasteiger partial charge < -0.3 is 15.1 Å². The van der Waals surface area contributed by atoms with Crippen molar-refractivity contribution in [1.82, 2.24) is 20.0 Å². The SMILES string of the molecule is CCN(CC)CCNC(=O)c1nn(-c2ccccc2)c2c1CCc1cc(N(C)C)ccc1-2. The van der Waals surface area contributed by atoms with E-state index in [4.69, 9.17) is 5.10 Å². The van der Waals surface area contributed by atoms with Crippen LogP contribution in [0.3, 0.4) is 0 Å². The molecule has 3 aromatic rings. The summed E-state index contributed by atoms with van der Waals surface area (Å²) in [6.45, 7) is 7.71. The summed E-state index contributed by atoms with van der Waals surface area (Å²) in [4.78, 5) is 17.6. The van der Waals surface area contributed by atoms with Crippen LogP contribution in [0, 0.1) is 0 Å². The van der Waals surface area contributed by atoms with Gasteiger partial charge >= 0.3 is 0 Å². The van der Waals surface area contributed by atoms with Crippen molar-refractivity contribution in [3.05, 3.63) is 65.4 Å². The number of aryl methyl sites for hydroxylation is 1. The average Bonchev–Trinajstić information content (AvgIpc) is 3.22. The molecule has 6 heteroatoms. The Balaban J connectivity index is 1.72. The first kappa shape index (κ1) is 22.1. The van der Waals surface area contributed by atoms with Crippen molar-refractivity contribution in [2.24, 2.45) is 0 Å². The molecule has 0 bridgehead atoms. The number of benzene rings is 2. The first-order chi connectivity index (χ1) is 15.5. The number of nitrogens with zero attached hydrogens (tertiary/aromatic N) is 4. The van der Waals surface area contributed by atoms with Crippen LogP contribution in [-0.2, 0) is 12.8 Å². The van der Waals surface area contributed by atoms with Crippen LogP contribution >= 0.6 is 0 Å². The zero-order chi connectivity index (χ0) is 22.7.